The minimum Gasteiger partial charge on any atom is -0.475 e. The molecule has 0 aliphatic carbocycles. The molecule has 0 aromatic carbocycles. The van der Waals surface area contributed by atoms with Gasteiger partial charge in [0.2, 0.25) is 0 Å². The monoisotopic (exact) mass is 486 g/mol. The van der Waals surface area contributed by atoms with E-state index in [-0.39, 0.29) is 11.5 Å². The van der Waals surface area contributed by atoms with Crippen LogP contribution in [0.1, 0.15) is 32.1 Å². The number of ether oxygens (including phenoxy) is 2. The van der Waals surface area contributed by atoms with Crippen molar-refractivity contribution < 1.29 is 37.3 Å². The van der Waals surface area contributed by atoms with Crippen LogP contribution in [0.5, 0.6) is 0 Å². The summed E-state index contributed by atoms with van der Waals surface area (Å²) in [5.74, 6) is -2.28. The van der Waals surface area contributed by atoms with Crippen LogP contribution in [0, 0.1) is 19.8 Å². The smallest absolute Gasteiger partial charge is 0.475 e. The van der Waals surface area contributed by atoms with Gasteiger partial charge in [-0.15, -0.1) is 11.3 Å². The van der Waals surface area contributed by atoms with Gasteiger partial charge >= 0.3 is 12.1 Å². The fourth-order valence-corrected chi connectivity index (χ4v) is 4.75. The lowest BCUT2D eigenvalue weighted by molar-refractivity contribution is -0.192. The number of hydrogen-bond donors (Lipinski definition) is 1. The Hall–Kier alpha value is -2.50. The summed E-state index contributed by atoms with van der Waals surface area (Å²) in [5.41, 5.74) is 2.10. The summed E-state index contributed by atoms with van der Waals surface area (Å²) in [6, 6.07) is 5.93. The van der Waals surface area contributed by atoms with Crippen molar-refractivity contribution in [2.45, 2.75) is 38.7 Å². The number of halogens is 3. The molecule has 2 aliphatic rings. The van der Waals surface area contributed by atoms with E-state index >= 15 is 0 Å². The number of nitrogens with zero attached hydrogens (tertiary/aromatic N) is 2. The Balaban J connectivity index is 0.000000383. The van der Waals surface area contributed by atoms with Crippen LogP contribution in [0.4, 0.5) is 13.2 Å². The Morgan fingerprint density at radius 1 is 1.30 bits per heavy atom. The van der Waals surface area contributed by atoms with Gasteiger partial charge in [0.05, 0.1) is 31.2 Å². The molecular formula is C22H25F3N2O5S. The van der Waals surface area contributed by atoms with Crippen molar-refractivity contribution in [2.24, 2.45) is 5.92 Å². The molecule has 1 unspecified atom stereocenters. The SMILES string of the molecule is Cc1cc(C(=O)N2CC3(C2)OCCC3COCc2ccncc2)sc1C.O=C(O)C(F)(F)F. The number of pyridine rings is 1. The molecule has 1 amide bonds. The Kier molecular flexibility index (Phi) is 7.76. The second kappa shape index (κ2) is 10.2. The highest BCUT2D eigenvalue weighted by Gasteiger charge is 2.54. The van der Waals surface area contributed by atoms with Gasteiger partial charge in [-0.25, -0.2) is 4.79 Å². The molecule has 1 spiro atoms. The summed E-state index contributed by atoms with van der Waals surface area (Å²) in [7, 11) is 0. The Morgan fingerprint density at radius 3 is 2.48 bits per heavy atom. The largest absolute Gasteiger partial charge is 0.490 e. The molecule has 180 valence electrons. The first-order valence-corrected chi connectivity index (χ1v) is 11.1. The van der Waals surface area contributed by atoms with E-state index in [0.717, 1.165) is 23.5 Å². The highest BCUT2D eigenvalue weighted by molar-refractivity contribution is 7.14. The third-order valence-electron chi connectivity index (χ3n) is 5.76. The molecule has 2 fully saturated rings. The van der Waals surface area contributed by atoms with E-state index in [9.17, 15) is 18.0 Å². The van der Waals surface area contributed by atoms with E-state index in [0.29, 0.717) is 32.2 Å². The molecule has 11 heteroatoms. The Labute approximate surface area is 193 Å². The van der Waals surface area contributed by atoms with Crippen molar-refractivity contribution in [2.75, 3.05) is 26.3 Å². The number of aromatic nitrogens is 1. The number of hydrogen-bond acceptors (Lipinski definition) is 6. The Bertz CT molecular complexity index is 955. The number of alkyl halides is 3. The number of carbonyl (C=O) groups excluding carboxylic acids is 1. The number of likely N-dealkylation sites (tertiary alicyclic amines) is 1. The summed E-state index contributed by atoms with van der Waals surface area (Å²) in [4.78, 5) is 29.6. The van der Waals surface area contributed by atoms with Gasteiger partial charge in [0.15, 0.2) is 0 Å². The summed E-state index contributed by atoms with van der Waals surface area (Å²) >= 11 is 1.58. The highest BCUT2D eigenvalue weighted by Crippen LogP contribution is 2.41. The average molecular weight is 487 g/mol. The van der Waals surface area contributed by atoms with Gasteiger partial charge in [-0.05, 0) is 49.6 Å². The van der Waals surface area contributed by atoms with E-state index < -0.39 is 12.1 Å². The van der Waals surface area contributed by atoms with Crippen LogP contribution in [0.25, 0.3) is 0 Å². The molecule has 0 radical (unpaired) electrons. The van der Waals surface area contributed by atoms with Gasteiger partial charge in [-0.2, -0.15) is 13.2 Å². The summed E-state index contributed by atoms with van der Waals surface area (Å²) < 4.78 is 43.7. The van der Waals surface area contributed by atoms with Gasteiger partial charge in [-0.1, -0.05) is 0 Å². The molecule has 1 atom stereocenters. The van der Waals surface area contributed by atoms with E-state index in [1.807, 2.05) is 23.1 Å². The molecule has 0 saturated carbocycles. The number of carboxylic acid groups (broad SMARTS) is 1. The molecule has 0 bridgehead atoms. The number of aryl methyl sites for hydroxylation is 2. The number of rotatable bonds is 5. The zero-order chi connectivity index (χ0) is 24.2. The minimum atomic E-state index is -5.08. The van der Waals surface area contributed by atoms with Gasteiger partial charge in [0, 0.05) is 29.8 Å². The summed E-state index contributed by atoms with van der Waals surface area (Å²) in [5, 5.41) is 7.12. The van der Waals surface area contributed by atoms with Crippen molar-refractivity contribution in [1.82, 2.24) is 9.88 Å². The maximum Gasteiger partial charge on any atom is 0.490 e. The number of carboxylic acids is 1. The van der Waals surface area contributed by atoms with E-state index in [2.05, 4.69) is 18.8 Å². The fourth-order valence-electron chi connectivity index (χ4n) is 3.75. The van der Waals surface area contributed by atoms with Crippen LogP contribution in [-0.2, 0) is 20.9 Å². The van der Waals surface area contributed by atoms with Crippen LogP contribution >= 0.6 is 11.3 Å². The zero-order valence-corrected chi connectivity index (χ0v) is 19.0. The number of carbonyl (C=O) groups is 2. The second-order valence-electron chi connectivity index (χ2n) is 8.08. The maximum absolute atomic E-state index is 12.7. The normalized spacial score (nSPS) is 19.1. The van der Waals surface area contributed by atoms with Gasteiger partial charge < -0.3 is 19.5 Å². The van der Waals surface area contributed by atoms with Crippen LogP contribution in [-0.4, -0.2) is 64.9 Å². The molecule has 2 saturated heterocycles. The number of thiophene rings is 1. The zero-order valence-electron chi connectivity index (χ0n) is 18.2. The lowest BCUT2D eigenvalue weighted by Crippen LogP contribution is -2.66. The fraction of sp³-hybridized carbons (Fsp3) is 0.500. The standard InChI is InChI=1S/C20H24N2O3S.C2HF3O2/c1-14-9-18(26-15(14)2)19(23)22-12-20(13-22)17(5-8-25-20)11-24-10-16-3-6-21-7-4-16;3-2(4,5)1(6)7/h3-4,6-7,9,17H,5,8,10-13H2,1-2H3;(H,6,7). The highest BCUT2D eigenvalue weighted by atomic mass is 32.1. The molecule has 4 heterocycles. The lowest BCUT2D eigenvalue weighted by atomic mass is 9.81. The first-order chi connectivity index (χ1) is 15.5. The molecule has 1 N–H and O–H groups in total. The Morgan fingerprint density at radius 2 is 1.94 bits per heavy atom. The van der Waals surface area contributed by atoms with Crippen LogP contribution < -0.4 is 0 Å². The minimum absolute atomic E-state index is 0.128. The van der Waals surface area contributed by atoms with Crippen molar-refractivity contribution in [3.63, 3.8) is 0 Å². The van der Waals surface area contributed by atoms with Gasteiger partial charge in [-0.3, -0.25) is 9.78 Å². The molecule has 2 aromatic rings. The van der Waals surface area contributed by atoms with Crippen molar-refractivity contribution >= 4 is 23.2 Å². The maximum atomic E-state index is 12.7. The molecular weight excluding hydrogens is 461 g/mol. The molecule has 2 aliphatic heterocycles. The predicted molar refractivity (Wildman–Crippen MR) is 114 cm³/mol. The molecule has 4 rings (SSSR count). The number of aliphatic carboxylic acids is 1. The van der Waals surface area contributed by atoms with Crippen LogP contribution in [0.2, 0.25) is 0 Å². The van der Waals surface area contributed by atoms with Crippen molar-refractivity contribution in [3.05, 3.63) is 51.5 Å². The van der Waals surface area contributed by atoms with Crippen LogP contribution in [0.3, 0.4) is 0 Å². The average Bonchev–Trinajstić information content (AvgIpc) is 3.30. The van der Waals surface area contributed by atoms with Crippen molar-refractivity contribution in [3.8, 4) is 0 Å². The lowest BCUT2D eigenvalue weighted by Gasteiger charge is -2.50. The van der Waals surface area contributed by atoms with Gasteiger partial charge in [0.1, 0.15) is 5.60 Å². The first-order valence-electron chi connectivity index (χ1n) is 10.3. The van der Waals surface area contributed by atoms with E-state index in [4.69, 9.17) is 19.4 Å². The van der Waals surface area contributed by atoms with Crippen molar-refractivity contribution in [1.29, 1.82) is 0 Å². The van der Waals surface area contributed by atoms with E-state index in [1.54, 1.807) is 23.7 Å². The van der Waals surface area contributed by atoms with Gasteiger partial charge in [0.25, 0.3) is 5.91 Å². The molecule has 33 heavy (non-hydrogen) atoms. The third kappa shape index (κ3) is 6.10. The number of amides is 1. The third-order valence-corrected chi connectivity index (χ3v) is 6.90. The quantitative estimate of drug-likeness (QED) is 0.691. The summed E-state index contributed by atoms with van der Waals surface area (Å²) in [6.07, 6.45) is -0.528. The summed E-state index contributed by atoms with van der Waals surface area (Å²) in [6.45, 7) is 7.47. The van der Waals surface area contributed by atoms with Crippen LogP contribution in [0.15, 0.2) is 30.6 Å². The molecule has 2 aromatic heterocycles. The first kappa shape index (κ1) is 25.1. The predicted octanol–water partition coefficient (Wildman–Crippen LogP) is 3.84. The molecule has 7 nitrogen and oxygen atoms in total. The topological polar surface area (TPSA) is 89.0 Å². The van der Waals surface area contributed by atoms with E-state index in [1.165, 1.54) is 10.4 Å². The second-order valence-corrected chi connectivity index (χ2v) is 9.34.